The summed E-state index contributed by atoms with van der Waals surface area (Å²) in [5.41, 5.74) is 0. The third kappa shape index (κ3) is 14.8. The summed E-state index contributed by atoms with van der Waals surface area (Å²) in [5, 5.41) is 0. The molecule has 4 heavy (non-hydrogen) atoms. The van der Waals surface area contributed by atoms with E-state index >= 15 is 0 Å². The minimum atomic E-state index is -0.271. The van der Waals surface area contributed by atoms with Crippen molar-refractivity contribution in [3.63, 3.8) is 0 Å². The molecule has 0 aromatic carbocycles. The van der Waals surface area contributed by atoms with Crippen molar-refractivity contribution in [2.75, 3.05) is 0 Å². The molecular weight excluding hydrogens is 182 g/mol. The average Bonchev–Trinajstić information content (AvgIpc) is 0.811. The Balaban J connectivity index is 2.80. The Bertz CT molecular complexity index is 31.0. The predicted octanol–water partition coefficient (Wildman–Crippen LogP) is 0.514. The van der Waals surface area contributed by atoms with E-state index in [-0.39, 0.29) is 3.26 Å². The normalized spacial score (nSPS) is 6.50. The first-order valence-electron chi connectivity index (χ1n) is 0.643. The van der Waals surface area contributed by atoms with Gasteiger partial charge in [-0.25, -0.2) is 0 Å². The fraction of sp³-hybridized carbons (Fsp3) is 0. The number of carbonyl (C=O) groups is 1. The Morgan fingerprint density at radius 2 is 2.00 bits per heavy atom. The van der Waals surface area contributed by atoms with E-state index in [1.807, 2.05) is 0 Å². The van der Waals surface area contributed by atoms with Gasteiger partial charge in [-0.1, -0.05) is 0 Å². The molecule has 0 aromatic heterocycles. The molecule has 0 atom stereocenters. The molecule has 0 rings (SSSR count). The predicted molar refractivity (Wildman–Crippen MR) is 17.0 cm³/mol. The van der Waals surface area contributed by atoms with Crippen LogP contribution < -0.4 is 0 Å². The van der Waals surface area contributed by atoms with E-state index in [1.54, 1.807) is 0 Å². The Morgan fingerprint density at radius 3 is 2.00 bits per heavy atom. The Hall–Kier alpha value is 0.759. The van der Waals surface area contributed by atoms with Crippen molar-refractivity contribution in [2.24, 2.45) is 0 Å². The molecule has 3 radical (unpaired) electrons. The van der Waals surface area contributed by atoms with Gasteiger partial charge < -0.3 is 0 Å². The molecule has 3 heteroatoms. The molecule has 0 saturated heterocycles. The van der Waals surface area contributed by atoms with E-state index in [0.29, 0.717) is 0 Å². The zero-order chi connectivity index (χ0) is 3.58. The zero-order valence-electron chi connectivity index (χ0n) is 1.79. The second-order valence-corrected chi connectivity index (χ2v) is 2.82. The minimum absolute atomic E-state index is 0.271. The van der Waals surface area contributed by atoms with Crippen LogP contribution in [-0.4, -0.2) is 25.8 Å². The van der Waals surface area contributed by atoms with Crippen LogP contribution in [-0.2, 0) is 0 Å². The first-order chi connectivity index (χ1) is 1.73. The summed E-state index contributed by atoms with van der Waals surface area (Å²) >= 11 is 5.44. The maximum absolute atomic E-state index is 9.25. The third-order valence-corrected chi connectivity index (χ3v) is 0. The molecule has 0 amide bonds. The van der Waals surface area contributed by atoms with Crippen LogP contribution in [0.25, 0.3) is 0 Å². The standard InChI is InChI=1S/CClO.Sn/c2-1-3;. The van der Waals surface area contributed by atoms with Gasteiger partial charge in [0.1, 0.15) is 0 Å². The van der Waals surface area contributed by atoms with Gasteiger partial charge in [-0.2, -0.15) is 0 Å². The monoisotopic (exact) mass is 183 g/mol. The molecule has 1 nitrogen and oxygen atoms in total. The van der Waals surface area contributed by atoms with Gasteiger partial charge in [0.25, 0.3) is 0 Å². The topological polar surface area (TPSA) is 17.1 Å². The summed E-state index contributed by atoms with van der Waals surface area (Å²) in [5.74, 6) is 0. The Kier molecular flexibility index (Phi) is 2.41. The number of halogens is 1. The summed E-state index contributed by atoms with van der Waals surface area (Å²) in [4.78, 5) is 9.25. The fourth-order valence-electron chi connectivity index (χ4n) is 0. The van der Waals surface area contributed by atoms with Crippen molar-refractivity contribution < 1.29 is 4.79 Å². The van der Waals surface area contributed by atoms with Crippen LogP contribution in [0.5, 0.6) is 0 Å². The molecule has 0 spiro atoms. The van der Waals surface area contributed by atoms with Gasteiger partial charge in [-0.3, -0.25) is 0 Å². The van der Waals surface area contributed by atoms with Crippen molar-refractivity contribution in [1.29, 1.82) is 0 Å². The molecular formula is CClOSn. The quantitative estimate of drug-likeness (QED) is 0.394. The fourth-order valence-corrected chi connectivity index (χ4v) is 0. The van der Waals surface area contributed by atoms with Crippen LogP contribution in [0.4, 0.5) is 4.79 Å². The molecule has 0 aliphatic carbocycles. The Morgan fingerprint density at radius 1 is 2.00 bits per heavy atom. The second kappa shape index (κ2) is 2.02. The van der Waals surface area contributed by atoms with E-state index in [0.717, 1.165) is 22.5 Å². The molecule has 21 valence electrons. The van der Waals surface area contributed by atoms with Crippen molar-refractivity contribution in [3.8, 4) is 0 Å². The van der Waals surface area contributed by atoms with E-state index in [9.17, 15) is 4.79 Å². The van der Waals surface area contributed by atoms with Gasteiger partial charge in [0.05, 0.1) is 0 Å². The molecule has 0 aliphatic heterocycles. The second-order valence-electron chi connectivity index (χ2n) is 0.274. The Labute approximate surface area is 42.4 Å². The van der Waals surface area contributed by atoms with Gasteiger partial charge in [0.15, 0.2) is 0 Å². The first kappa shape index (κ1) is 4.76. The summed E-state index contributed by atoms with van der Waals surface area (Å²) in [6.07, 6.45) is 0. The molecule has 0 N–H and O–H groups in total. The summed E-state index contributed by atoms with van der Waals surface area (Å²) in [7, 11) is 0. The zero-order valence-corrected chi connectivity index (χ0v) is 5.40. The number of rotatable bonds is 0. The number of carbonyl (C=O) groups excluding carboxylic acids is 1. The number of hydrogen-bond acceptors (Lipinski definition) is 1. The van der Waals surface area contributed by atoms with Gasteiger partial charge in [0.2, 0.25) is 0 Å². The van der Waals surface area contributed by atoms with Crippen LogP contribution in [0.15, 0.2) is 0 Å². The van der Waals surface area contributed by atoms with Crippen molar-refractivity contribution in [3.05, 3.63) is 0 Å². The van der Waals surface area contributed by atoms with Crippen molar-refractivity contribution >= 4 is 37.4 Å². The van der Waals surface area contributed by atoms with Crippen LogP contribution >= 0.6 is 11.6 Å². The molecule has 0 unspecified atom stereocenters. The molecule has 0 aromatic rings. The maximum atomic E-state index is 9.25. The van der Waals surface area contributed by atoms with Crippen LogP contribution in [0.2, 0.25) is 0 Å². The van der Waals surface area contributed by atoms with Gasteiger partial charge in [-0.15, -0.1) is 0 Å². The summed E-state index contributed by atoms with van der Waals surface area (Å²) < 4.78 is -0.271. The first-order valence-corrected chi connectivity index (χ1v) is 2.45. The van der Waals surface area contributed by atoms with Crippen LogP contribution in [0.1, 0.15) is 0 Å². The van der Waals surface area contributed by atoms with Gasteiger partial charge in [-0.05, 0) is 0 Å². The van der Waals surface area contributed by atoms with E-state index in [2.05, 4.69) is 11.6 Å². The van der Waals surface area contributed by atoms with E-state index in [1.165, 1.54) is 0 Å². The SMILES string of the molecule is O=[C](Cl)[Sn]. The van der Waals surface area contributed by atoms with E-state index in [4.69, 9.17) is 0 Å². The van der Waals surface area contributed by atoms with Crippen LogP contribution in [0.3, 0.4) is 0 Å². The molecule has 0 saturated carbocycles. The van der Waals surface area contributed by atoms with Gasteiger partial charge in [0, 0.05) is 0 Å². The summed E-state index contributed by atoms with van der Waals surface area (Å²) in [6, 6.07) is 0. The molecule has 0 aliphatic rings. The molecule has 0 bridgehead atoms. The van der Waals surface area contributed by atoms with Gasteiger partial charge >= 0.3 is 42.2 Å². The molecule has 0 fully saturated rings. The molecule has 0 heterocycles. The van der Waals surface area contributed by atoms with Crippen molar-refractivity contribution in [2.45, 2.75) is 0 Å². The number of hydrogen-bond donors (Lipinski definition) is 0. The van der Waals surface area contributed by atoms with Crippen molar-refractivity contribution in [1.82, 2.24) is 0 Å². The average molecular weight is 182 g/mol. The third-order valence-electron chi connectivity index (χ3n) is 0. The van der Waals surface area contributed by atoms with Crippen LogP contribution in [0, 0.1) is 0 Å². The summed E-state index contributed by atoms with van der Waals surface area (Å²) in [6.45, 7) is 0. The van der Waals surface area contributed by atoms with E-state index < -0.39 is 0 Å².